The normalized spacial score (nSPS) is 13.4. The first-order chi connectivity index (χ1) is 14.5. The van der Waals surface area contributed by atoms with Gasteiger partial charge in [-0.2, -0.15) is 4.52 Å². The molecule has 0 unspecified atom stereocenters. The quantitative estimate of drug-likeness (QED) is 0.453. The highest BCUT2D eigenvalue weighted by atomic mass is 35.5. The summed E-state index contributed by atoms with van der Waals surface area (Å²) in [5, 5.41) is 6.09. The fraction of sp³-hybridized carbons (Fsp3) is 0.200. The molecule has 0 aliphatic heterocycles. The van der Waals surface area contributed by atoms with Crippen LogP contribution >= 0.6 is 22.9 Å². The average molecular weight is 442 g/mol. The third-order valence-electron chi connectivity index (χ3n) is 5.07. The number of halogens is 1. The number of fused-ring (bicyclic) bond motifs is 2. The predicted molar refractivity (Wildman–Crippen MR) is 116 cm³/mol. The van der Waals surface area contributed by atoms with Crippen molar-refractivity contribution in [2.75, 3.05) is 5.32 Å². The average Bonchev–Trinajstić information content (AvgIpc) is 3.27. The fourth-order valence-electron chi connectivity index (χ4n) is 3.66. The molecule has 8 nitrogen and oxygen atoms in total. The molecule has 1 aromatic carbocycles. The van der Waals surface area contributed by atoms with Crippen LogP contribution in [0.2, 0.25) is 5.02 Å². The maximum Gasteiger partial charge on any atom is 0.279 e. The van der Waals surface area contributed by atoms with Crippen LogP contribution in [0, 0.1) is 0 Å². The summed E-state index contributed by atoms with van der Waals surface area (Å²) in [5.41, 5.74) is 0.888. The molecule has 0 atom stereocenters. The first kappa shape index (κ1) is 18.8. The zero-order valence-corrected chi connectivity index (χ0v) is 17.2. The molecule has 3 N–H and O–H groups in total. The Bertz CT molecular complexity index is 1390. The van der Waals surface area contributed by atoms with Gasteiger partial charge in [-0.05, 0) is 43.4 Å². The molecule has 1 amide bonds. The molecule has 0 spiro atoms. The molecule has 0 fully saturated rings. The number of aromatic amines is 2. The standard InChI is InChI=1S/C20H16ClN5O3S/c21-11-5-3-4-10(8-11)13-9-15(27)26-17(22-13)16(19(29)25-26)18(28)24-20-23-12-6-1-2-7-14(12)30-20/h3-5,8-9,22H,1-2,6-7H2,(H,25,29)(H,23,24,28). The molecule has 3 heterocycles. The van der Waals surface area contributed by atoms with Gasteiger partial charge in [0, 0.05) is 16.0 Å². The van der Waals surface area contributed by atoms with Crippen LogP contribution < -0.4 is 16.4 Å². The molecule has 0 saturated carbocycles. The van der Waals surface area contributed by atoms with E-state index in [4.69, 9.17) is 11.6 Å². The summed E-state index contributed by atoms with van der Waals surface area (Å²) in [6.45, 7) is 0. The van der Waals surface area contributed by atoms with Gasteiger partial charge in [0.2, 0.25) is 0 Å². The molecule has 0 bridgehead atoms. The number of carbonyl (C=O) groups is 1. The Morgan fingerprint density at radius 1 is 1.20 bits per heavy atom. The number of thiazole rings is 1. The zero-order valence-electron chi connectivity index (χ0n) is 15.6. The smallest absolute Gasteiger partial charge is 0.279 e. The Morgan fingerprint density at radius 3 is 2.83 bits per heavy atom. The molecule has 4 aromatic rings. The van der Waals surface area contributed by atoms with E-state index in [2.05, 4.69) is 20.4 Å². The summed E-state index contributed by atoms with van der Waals surface area (Å²) in [6.07, 6.45) is 4.05. The number of aryl methyl sites for hydroxylation is 2. The van der Waals surface area contributed by atoms with Crippen LogP contribution in [-0.2, 0) is 12.8 Å². The Balaban J connectivity index is 1.57. The molecule has 3 aromatic heterocycles. The first-order valence-corrected chi connectivity index (χ1v) is 10.6. The van der Waals surface area contributed by atoms with Crippen LogP contribution in [0.4, 0.5) is 5.13 Å². The van der Waals surface area contributed by atoms with E-state index < -0.39 is 17.0 Å². The van der Waals surface area contributed by atoms with E-state index in [1.165, 1.54) is 22.3 Å². The number of aromatic nitrogens is 4. The number of nitrogens with zero attached hydrogens (tertiary/aromatic N) is 2. The molecule has 30 heavy (non-hydrogen) atoms. The van der Waals surface area contributed by atoms with E-state index in [1.54, 1.807) is 24.3 Å². The molecule has 152 valence electrons. The molecule has 0 saturated heterocycles. The second-order valence-corrected chi connectivity index (χ2v) is 8.60. The topological polar surface area (TPSA) is 112 Å². The van der Waals surface area contributed by atoms with E-state index >= 15 is 0 Å². The van der Waals surface area contributed by atoms with Crippen LogP contribution in [-0.4, -0.2) is 25.5 Å². The zero-order chi connectivity index (χ0) is 20.8. The highest BCUT2D eigenvalue weighted by Gasteiger charge is 2.22. The Kier molecular flexibility index (Phi) is 4.56. The number of H-pyrrole nitrogens is 2. The second kappa shape index (κ2) is 7.26. The van der Waals surface area contributed by atoms with Crippen molar-refractivity contribution in [3.05, 3.63) is 72.2 Å². The van der Waals surface area contributed by atoms with Gasteiger partial charge in [-0.25, -0.2) is 4.98 Å². The van der Waals surface area contributed by atoms with Gasteiger partial charge in [0.05, 0.1) is 11.4 Å². The fourth-order valence-corrected chi connectivity index (χ4v) is 4.89. The molecule has 5 rings (SSSR count). The van der Waals surface area contributed by atoms with Crippen molar-refractivity contribution in [1.82, 2.24) is 19.6 Å². The number of rotatable bonds is 3. The molecule has 0 radical (unpaired) electrons. The first-order valence-electron chi connectivity index (χ1n) is 9.43. The minimum Gasteiger partial charge on any atom is -0.339 e. The van der Waals surface area contributed by atoms with Gasteiger partial charge in [0.1, 0.15) is 5.56 Å². The number of nitrogens with one attached hydrogen (secondary N) is 3. The van der Waals surface area contributed by atoms with Gasteiger partial charge in [0.15, 0.2) is 10.8 Å². The summed E-state index contributed by atoms with van der Waals surface area (Å²) >= 11 is 7.48. The summed E-state index contributed by atoms with van der Waals surface area (Å²) in [6, 6.07) is 8.27. The van der Waals surface area contributed by atoms with Crippen molar-refractivity contribution in [2.24, 2.45) is 0 Å². The second-order valence-electron chi connectivity index (χ2n) is 7.08. The summed E-state index contributed by atoms with van der Waals surface area (Å²) in [4.78, 5) is 46.6. The predicted octanol–water partition coefficient (Wildman–Crippen LogP) is 3.22. The third kappa shape index (κ3) is 3.25. The number of amides is 1. The van der Waals surface area contributed by atoms with Crippen molar-refractivity contribution in [2.45, 2.75) is 25.7 Å². The van der Waals surface area contributed by atoms with Gasteiger partial charge < -0.3 is 4.98 Å². The highest BCUT2D eigenvalue weighted by molar-refractivity contribution is 7.15. The van der Waals surface area contributed by atoms with Gasteiger partial charge in [-0.1, -0.05) is 23.7 Å². The number of benzene rings is 1. The highest BCUT2D eigenvalue weighted by Crippen LogP contribution is 2.29. The molecule has 1 aliphatic rings. The maximum atomic E-state index is 12.9. The monoisotopic (exact) mass is 441 g/mol. The lowest BCUT2D eigenvalue weighted by molar-refractivity contribution is 0.102. The molecule has 1 aliphatic carbocycles. The van der Waals surface area contributed by atoms with Crippen LogP contribution in [0.25, 0.3) is 16.9 Å². The lowest BCUT2D eigenvalue weighted by atomic mass is 10.0. The summed E-state index contributed by atoms with van der Waals surface area (Å²) in [5.74, 6) is -0.622. The van der Waals surface area contributed by atoms with Gasteiger partial charge in [-0.3, -0.25) is 24.8 Å². The molecular weight excluding hydrogens is 426 g/mol. The molecule has 10 heteroatoms. The van der Waals surface area contributed by atoms with Gasteiger partial charge in [-0.15, -0.1) is 11.3 Å². The number of anilines is 1. The third-order valence-corrected chi connectivity index (χ3v) is 6.38. The minimum absolute atomic E-state index is 0.0845. The maximum absolute atomic E-state index is 12.9. The summed E-state index contributed by atoms with van der Waals surface area (Å²) < 4.78 is 1.03. The lowest BCUT2D eigenvalue weighted by Gasteiger charge is -2.06. The lowest BCUT2D eigenvalue weighted by Crippen LogP contribution is -2.19. The van der Waals surface area contributed by atoms with E-state index in [0.29, 0.717) is 21.4 Å². The Labute approximate surface area is 178 Å². The minimum atomic E-state index is -0.662. The number of carbonyl (C=O) groups excluding carboxylic acids is 1. The Hall–Kier alpha value is -3.17. The van der Waals surface area contributed by atoms with E-state index in [9.17, 15) is 14.4 Å². The van der Waals surface area contributed by atoms with Crippen molar-refractivity contribution in [3.63, 3.8) is 0 Å². The van der Waals surface area contributed by atoms with Gasteiger partial charge >= 0.3 is 0 Å². The van der Waals surface area contributed by atoms with Crippen LogP contribution in [0.5, 0.6) is 0 Å². The van der Waals surface area contributed by atoms with Gasteiger partial charge in [0.25, 0.3) is 17.0 Å². The van der Waals surface area contributed by atoms with Crippen LogP contribution in [0.15, 0.2) is 39.9 Å². The van der Waals surface area contributed by atoms with Crippen molar-refractivity contribution in [3.8, 4) is 11.3 Å². The van der Waals surface area contributed by atoms with Crippen LogP contribution in [0.3, 0.4) is 0 Å². The summed E-state index contributed by atoms with van der Waals surface area (Å²) in [7, 11) is 0. The van der Waals surface area contributed by atoms with Crippen molar-refractivity contribution in [1.29, 1.82) is 0 Å². The van der Waals surface area contributed by atoms with Crippen LogP contribution in [0.1, 0.15) is 33.8 Å². The Morgan fingerprint density at radius 2 is 2.03 bits per heavy atom. The van der Waals surface area contributed by atoms with E-state index in [1.807, 2.05) is 0 Å². The van der Waals surface area contributed by atoms with E-state index in [0.717, 1.165) is 35.9 Å². The molecular formula is C20H16ClN5O3S. The number of hydrogen-bond donors (Lipinski definition) is 3. The largest absolute Gasteiger partial charge is 0.339 e. The van der Waals surface area contributed by atoms with E-state index in [-0.39, 0.29) is 11.2 Å². The SMILES string of the molecule is O=C(Nc1nc2c(s1)CCCC2)c1c(=O)[nH]n2c(=O)cc(-c3cccc(Cl)c3)[nH]c12. The number of hydrogen-bond acceptors (Lipinski definition) is 5. The van der Waals surface area contributed by atoms with Crippen molar-refractivity contribution < 1.29 is 4.79 Å². The van der Waals surface area contributed by atoms with Crippen molar-refractivity contribution >= 4 is 39.6 Å².